The molecule has 1 aromatic heterocycles. The summed E-state index contributed by atoms with van der Waals surface area (Å²) < 4.78 is 0. The van der Waals surface area contributed by atoms with Crippen LogP contribution in [0.1, 0.15) is 0 Å². The molecule has 7 rings (SSSR count). The van der Waals surface area contributed by atoms with Crippen molar-refractivity contribution in [3.63, 3.8) is 0 Å². The molecule has 0 bridgehead atoms. The fraction of sp³-hybridized carbons (Fsp3) is 0. The minimum absolute atomic E-state index is 0.737. The number of nitrogens with zero attached hydrogens (tertiary/aromatic N) is 2. The van der Waals surface area contributed by atoms with E-state index in [1.165, 1.54) is 54.9 Å². The zero-order valence-corrected chi connectivity index (χ0v) is 20.8. The van der Waals surface area contributed by atoms with Crippen LogP contribution in [0.2, 0.25) is 0 Å². The van der Waals surface area contributed by atoms with Crippen molar-refractivity contribution in [3.05, 3.63) is 146 Å². The van der Waals surface area contributed by atoms with Gasteiger partial charge >= 0.3 is 0 Å². The molecular weight excluding hydrogens is 460 g/mol. The van der Waals surface area contributed by atoms with E-state index in [1.807, 2.05) is 6.07 Å². The Hall–Kier alpha value is -5.08. The highest BCUT2D eigenvalue weighted by Crippen LogP contribution is 2.44. The lowest BCUT2D eigenvalue weighted by atomic mass is 9.84. The zero-order valence-electron chi connectivity index (χ0n) is 20.8. The first-order chi connectivity index (χ1) is 18.9. The van der Waals surface area contributed by atoms with E-state index in [0.29, 0.717) is 0 Å². The van der Waals surface area contributed by atoms with E-state index in [1.54, 1.807) is 12.4 Å². The average molecular weight is 485 g/mol. The molecule has 0 aliphatic heterocycles. The van der Waals surface area contributed by atoms with Gasteiger partial charge in [-0.25, -0.2) is 9.97 Å². The predicted molar refractivity (Wildman–Crippen MR) is 159 cm³/mol. The van der Waals surface area contributed by atoms with Gasteiger partial charge < -0.3 is 0 Å². The highest BCUT2D eigenvalue weighted by molar-refractivity contribution is 6.22. The third kappa shape index (κ3) is 3.84. The monoisotopic (exact) mass is 484 g/mol. The first-order valence-electron chi connectivity index (χ1n) is 12.8. The summed E-state index contributed by atoms with van der Waals surface area (Å²) in [6, 6.07) is 47.5. The second-order valence-electron chi connectivity index (χ2n) is 9.44. The van der Waals surface area contributed by atoms with Crippen LogP contribution in [-0.2, 0) is 0 Å². The van der Waals surface area contributed by atoms with E-state index in [0.717, 1.165) is 11.4 Å². The molecule has 0 amide bonds. The number of hydrogen-bond acceptors (Lipinski definition) is 2. The molecule has 0 saturated carbocycles. The Morgan fingerprint density at radius 3 is 1.45 bits per heavy atom. The first-order valence-corrected chi connectivity index (χ1v) is 12.8. The van der Waals surface area contributed by atoms with Crippen LogP contribution in [0.3, 0.4) is 0 Å². The lowest BCUT2D eigenvalue weighted by Crippen LogP contribution is -1.92. The standard InChI is InChI=1S/C36H24N2/c1-3-10-25(11-4-1)29-20-21-32-33(24-29)35(26-12-5-2-6-13-26)31-15-8-7-14-30(31)34(32)27-16-18-28(19-17-27)36-37-22-9-23-38-36/h1-24H. The fourth-order valence-corrected chi connectivity index (χ4v) is 5.45. The largest absolute Gasteiger partial charge is 0.237 e. The van der Waals surface area contributed by atoms with Crippen LogP contribution >= 0.6 is 0 Å². The smallest absolute Gasteiger partial charge is 0.159 e. The van der Waals surface area contributed by atoms with Crippen LogP contribution in [0.15, 0.2) is 146 Å². The van der Waals surface area contributed by atoms with Gasteiger partial charge in [0.25, 0.3) is 0 Å². The fourth-order valence-electron chi connectivity index (χ4n) is 5.45. The lowest BCUT2D eigenvalue weighted by Gasteiger charge is -2.19. The molecule has 0 N–H and O–H groups in total. The van der Waals surface area contributed by atoms with E-state index in [2.05, 4.69) is 137 Å². The van der Waals surface area contributed by atoms with Gasteiger partial charge in [0.15, 0.2) is 5.82 Å². The van der Waals surface area contributed by atoms with E-state index < -0.39 is 0 Å². The summed E-state index contributed by atoms with van der Waals surface area (Å²) in [7, 11) is 0. The van der Waals surface area contributed by atoms with E-state index in [4.69, 9.17) is 0 Å². The molecule has 2 heteroatoms. The van der Waals surface area contributed by atoms with Crippen molar-refractivity contribution >= 4 is 21.5 Å². The molecule has 0 aliphatic carbocycles. The molecule has 0 unspecified atom stereocenters. The molecule has 0 fully saturated rings. The van der Waals surface area contributed by atoms with Crippen molar-refractivity contribution in [1.82, 2.24) is 9.97 Å². The number of fused-ring (bicyclic) bond motifs is 2. The van der Waals surface area contributed by atoms with E-state index in [-0.39, 0.29) is 0 Å². The summed E-state index contributed by atoms with van der Waals surface area (Å²) in [6.07, 6.45) is 3.56. The molecule has 7 aromatic rings. The van der Waals surface area contributed by atoms with Gasteiger partial charge in [-0.2, -0.15) is 0 Å². The Morgan fingerprint density at radius 1 is 0.316 bits per heavy atom. The Morgan fingerprint density at radius 2 is 0.789 bits per heavy atom. The molecule has 178 valence electrons. The zero-order chi connectivity index (χ0) is 25.3. The van der Waals surface area contributed by atoms with Crippen molar-refractivity contribution < 1.29 is 0 Å². The van der Waals surface area contributed by atoms with Gasteiger partial charge in [-0.05, 0) is 67.1 Å². The van der Waals surface area contributed by atoms with Crippen molar-refractivity contribution in [1.29, 1.82) is 0 Å². The predicted octanol–water partition coefficient (Wildman–Crippen LogP) is 9.45. The topological polar surface area (TPSA) is 25.8 Å². The third-order valence-corrected chi connectivity index (χ3v) is 7.19. The average Bonchev–Trinajstić information content (AvgIpc) is 3.01. The second kappa shape index (κ2) is 9.42. The van der Waals surface area contributed by atoms with Crippen LogP contribution in [0.4, 0.5) is 0 Å². The summed E-state index contributed by atoms with van der Waals surface area (Å²) in [5.74, 6) is 0.737. The number of aromatic nitrogens is 2. The van der Waals surface area contributed by atoms with Crippen molar-refractivity contribution in [2.24, 2.45) is 0 Å². The van der Waals surface area contributed by atoms with Crippen LogP contribution in [0.25, 0.3) is 66.3 Å². The SMILES string of the molecule is c1ccc(-c2ccc3c(-c4ccc(-c5ncccn5)cc4)c4ccccc4c(-c4ccccc4)c3c2)cc1. The molecule has 0 radical (unpaired) electrons. The minimum atomic E-state index is 0.737. The van der Waals surface area contributed by atoms with Gasteiger partial charge in [0, 0.05) is 18.0 Å². The molecule has 1 heterocycles. The van der Waals surface area contributed by atoms with Gasteiger partial charge in [-0.15, -0.1) is 0 Å². The van der Waals surface area contributed by atoms with Gasteiger partial charge in [-0.3, -0.25) is 0 Å². The summed E-state index contributed by atoms with van der Waals surface area (Å²) in [6.45, 7) is 0. The first kappa shape index (κ1) is 22.1. The molecule has 0 aliphatic rings. The van der Waals surface area contributed by atoms with Crippen LogP contribution in [-0.4, -0.2) is 9.97 Å². The van der Waals surface area contributed by atoms with E-state index >= 15 is 0 Å². The summed E-state index contributed by atoms with van der Waals surface area (Å²) in [5, 5.41) is 4.99. The molecule has 0 spiro atoms. The summed E-state index contributed by atoms with van der Waals surface area (Å²) in [5.41, 5.74) is 8.36. The molecule has 6 aromatic carbocycles. The highest BCUT2D eigenvalue weighted by Gasteiger charge is 2.17. The number of benzene rings is 6. The Kier molecular flexibility index (Phi) is 5.49. The molecule has 2 nitrogen and oxygen atoms in total. The van der Waals surface area contributed by atoms with Gasteiger partial charge in [0.05, 0.1) is 0 Å². The third-order valence-electron chi connectivity index (χ3n) is 7.19. The highest BCUT2D eigenvalue weighted by atomic mass is 14.8. The molecule has 38 heavy (non-hydrogen) atoms. The van der Waals surface area contributed by atoms with Crippen LogP contribution in [0, 0.1) is 0 Å². The van der Waals surface area contributed by atoms with Gasteiger partial charge in [0.1, 0.15) is 0 Å². The Balaban J connectivity index is 1.54. The van der Waals surface area contributed by atoms with Crippen molar-refractivity contribution in [3.8, 4) is 44.8 Å². The lowest BCUT2D eigenvalue weighted by molar-refractivity contribution is 1.18. The number of hydrogen-bond donors (Lipinski definition) is 0. The maximum absolute atomic E-state index is 4.42. The quantitative estimate of drug-likeness (QED) is 0.233. The van der Waals surface area contributed by atoms with Gasteiger partial charge in [0.2, 0.25) is 0 Å². The van der Waals surface area contributed by atoms with E-state index in [9.17, 15) is 0 Å². The summed E-state index contributed by atoms with van der Waals surface area (Å²) >= 11 is 0. The van der Waals surface area contributed by atoms with Crippen LogP contribution in [0.5, 0.6) is 0 Å². The Bertz CT molecular complexity index is 1880. The molecule has 0 atom stereocenters. The van der Waals surface area contributed by atoms with Crippen LogP contribution < -0.4 is 0 Å². The normalized spacial score (nSPS) is 11.2. The molecule has 0 saturated heterocycles. The van der Waals surface area contributed by atoms with Crippen molar-refractivity contribution in [2.45, 2.75) is 0 Å². The second-order valence-corrected chi connectivity index (χ2v) is 9.44. The number of rotatable bonds is 4. The maximum Gasteiger partial charge on any atom is 0.159 e. The molecular formula is C36H24N2. The van der Waals surface area contributed by atoms with Crippen molar-refractivity contribution in [2.75, 3.05) is 0 Å². The summed E-state index contributed by atoms with van der Waals surface area (Å²) in [4.78, 5) is 8.85. The minimum Gasteiger partial charge on any atom is -0.237 e. The Labute approximate surface area is 221 Å². The maximum atomic E-state index is 4.42. The van der Waals surface area contributed by atoms with Gasteiger partial charge in [-0.1, -0.05) is 121 Å².